The van der Waals surface area contributed by atoms with Crippen molar-refractivity contribution in [3.05, 3.63) is 23.9 Å². The van der Waals surface area contributed by atoms with Crippen LogP contribution < -0.4 is 5.32 Å². The van der Waals surface area contributed by atoms with Gasteiger partial charge in [-0.3, -0.25) is 0 Å². The lowest BCUT2D eigenvalue weighted by atomic mass is 10.1. The van der Waals surface area contributed by atoms with Crippen LogP contribution in [0.1, 0.15) is 25.5 Å². The number of rotatable bonds is 5. The van der Waals surface area contributed by atoms with Crippen LogP contribution in [-0.2, 0) is 0 Å². The zero-order valence-electron chi connectivity index (χ0n) is 10.4. The molecule has 0 aliphatic rings. The second-order valence-electron chi connectivity index (χ2n) is 4.88. The van der Waals surface area contributed by atoms with E-state index in [0.717, 1.165) is 5.56 Å². The molecule has 0 aliphatic heterocycles. The van der Waals surface area contributed by atoms with E-state index in [9.17, 15) is 5.11 Å². The SMILES string of the molecule is CC(C)(CO)NC[C@H](O)c1ccc2nnnn2c1. The molecule has 0 aliphatic carbocycles. The minimum atomic E-state index is -0.676. The number of hydrogen-bond acceptors (Lipinski definition) is 6. The van der Waals surface area contributed by atoms with E-state index in [2.05, 4.69) is 20.8 Å². The molecule has 0 bridgehead atoms. The van der Waals surface area contributed by atoms with Gasteiger partial charge in [-0.1, -0.05) is 6.07 Å². The number of aromatic nitrogens is 4. The molecule has 0 fully saturated rings. The Morgan fingerprint density at radius 1 is 1.44 bits per heavy atom. The molecule has 0 saturated heterocycles. The van der Waals surface area contributed by atoms with E-state index in [1.54, 1.807) is 18.3 Å². The first kappa shape index (κ1) is 12.9. The molecule has 2 rings (SSSR count). The second-order valence-corrected chi connectivity index (χ2v) is 4.88. The van der Waals surface area contributed by atoms with Crippen molar-refractivity contribution in [3.63, 3.8) is 0 Å². The first-order valence-electron chi connectivity index (χ1n) is 5.73. The molecule has 0 aromatic carbocycles. The number of nitrogens with zero attached hydrogens (tertiary/aromatic N) is 4. The van der Waals surface area contributed by atoms with Crippen LogP contribution in [0.4, 0.5) is 0 Å². The van der Waals surface area contributed by atoms with Crippen molar-refractivity contribution in [3.8, 4) is 0 Å². The zero-order valence-corrected chi connectivity index (χ0v) is 10.4. The van der Waals surface area contributed by atoms with Crippen molar-refractivity contribution in [1.29, 1.82) is 0 Å². The van der Waals surface area contributed by atoms with Crippen LogP contribution >= 0.6 is 0 Å². The zero-order chi connectivity index (χ0) is 13.2. The number of β-amino-alcohol motifs (C(OH)–C–C–N with tert-alkyl or cyclic N) is 1. The molecule has 0 saturated carbocycles. The van der Waals surface area contributed by atoms with E-state index in [0.29, 0.717) is 12.2 Å². The minimum Gasteiger partial charge on any atom is -0.394 e. The number of aliphatic hydroxyl groups excluding tert-OH is 2. The first-order chi connectivity index (χ1) is 8.52. The molecular formula is C11H17N5O2. The number of pyridine rings is 1. The van der Waals surface area contributed by atoms with Crippen molar-refractivity contribution in [1.82, 2.24) is 25.4 Å². The lowest BCUT2D eigenvalue weighted by molar-refractivity contribution is 0.135. The normalized spacial score (nSPS) is 14.0. The van der Waals surface area contributed by atoms with Gasteiger partial charge in [0.2, 0.25) is 0 Å². The molecular weight excluding hydrogens is 234 g/mol. The monoisotopic (exact) mass is 251 g/mol. The summed E-state index contributed by atoms with van der Waals surface area (Å²) in [6.45, 7) is 4.08. The molecule has 7 heteroatoms. The average molecular weight is 251 g/mol. The lowest BCUT2D eigenvalue weighted by Gasteiger charge is -2.25. The van der Waals surface area contributed by atoms with Gasteiger partial charge in [0.1, 0.15) is 0 Å². The Morgan fingerprint density at radius 2 is 2.22 bits per heavy atom. The van der Waals surface area contributed by atoms with Crippen LogP contribution in [0.15, 0.2) is 18.3 Å². The Morgan fingerprint density at radius 3 is 2.94 bits per heavy atom. The highest BCUT2D eigenvalue weighted by Crippen LogP contribution is 2.13. The standard InChI is InChI=1S/C11H17N5O2/c1-11(2,7-17)12-5-9(18)8-3-4-10-13-14-15-16(10)6-8/h3-4,6,9,12,17-18H,5,7H2,1-2H3/t9-/m0/s1. The lowest BCUT2D eigenvalue weighted by Crippen LogP contribution is -2.44. The molecule has 98 valence electrons. The van der Waals surface area contributed by atoms with Crippen molar-refractivity contribution in [2.75, 3.05) is 13.2 Å². The third-order valence-electron chi connectivity index (χ3n) is 2.77. The summed E-state index contributed by atoms with van der Waals surface area (Å²) in [4.78, 5) is 0. The third kappa shape index (κ3) is 2.81. The van der Waals surface area contributed by atoms with Gasteiger partial charge in [-0.25, -0.2) is 4.52 Å². The summed E-state index contributed by atoms with van der Waals surface area (Å²) in [6.07, 6.45) is 1.01. The van der Waals surface area contributed by atoms with Gasteiger partial charge < -0.3 is 15.5 Å². The summed E-state index contributed by atoms with van der Waals surface area (Å²) in [6, 6.07) is 3.53. The van der Waals surface area contributed by atoms with E-state index in [-0.39, 0.29) is 6.61 Å². The predicted octanol–water partition coefficient (Wildman–Crippen LogP) is -0.482. The van der Waals surface area contributed by atoms with Crippen LogP contribution in [0.5, 0.6) is 0 Å². The molecule has 7 nitrogen and oxygen atoms in total. The maximum Gasteiger partial charge on any atom is 0.179 e. The first-order valence-corrected chi connectivity index (χ1v) is 5.73. The summed E-state index contributed by atoms with van der Waals surface area (Å²) in [5.74, 6) is 0. The largest absolute Gasteiger partial charge is 0.394 e. The van der Waals surface area contributed by atoms with E-state index in [4.69, 9.17) is 5.11 Å². The summed E-state index contributed by atoms with van der Waals surface area (Å²) in [5.41, 5.74) is 0.936. The van der Waals surface area contributed by atoms with Gasteiger partial charge >= 0.3 is 0 Å². The number of hydrogen-bond donors (Lipinski definition) is 3. The number of fused-ring (bicyclic) bond motifs is 1. The number of aliphatic hydroxyl groups is 2. The van der Waals surface area contributed by atoms with E-state index in [1.165, 1.54) is 4.52 Å². The summed E-state index contributed by atoms with van der Waals surface area (Å²) in [7, 11) is 0. The Hall–Kier alpha value is -1.57. The van der Waals surface area contributed by atoms with Crippen molar-refractivity contribution >= 4 is 5.65 Å². The third-order valence-corrected chi connectivity index (χ3v) is 2.77. The van der Waals surface area contributed by atoms with Crippen LogP contribution in [0.25, 0.3) is 5.65 Å². The molecule has 0 unspecified atom stereocenters. The van der Waals surface area contributed by atoms with Crippen LogP contribution in [0, 0.1) is 0 Å². The summed E-state index contributed by atoms with van der Waals surface area (Å²) in [5, 5.41) is 33.3. The van der Waals surface area contributed by atoms with Crippen LogP contribution in [-0.4, -0.2) is 48.9 Å². The highest BCUT2D eigenvalue weighted by Gasteiger charge is 2.18. The molecule has 2 heterocycles. The molecule has 3 N–H and O–H groups in total. The van der Waals surface area contributed by atoms with E-state index in [1.807, 2.05) is 13.8 Å². The number of nitrogens with one attached hydrogen (secondary N) is 1. The highest BCUT2D eigenvalue weighted by atomic mass is 16.3. The Bertz CT molecular complexity index is 525. The molecule has 18 heavy (non-hydrogen) atoms. The van der Waals surface area contributed by atoms with Crippen LogP contribution in [0.2, 0.25) is 0 Å². The quantitative estimate of drug-likeness (QED) is 0.664. The Balaban J connectivity index is 2.06. The molecule has 0 spiro atoms. The van der Waals surface area contributed by atoms with Crippen molar-refractivity contribution < 1.29 is 10.2 Å². The fourth-order valence-corrected chi connectivity index (χ4v) is 1.50. The van der Waals surface area contributed by atoms with Gasteiger partial charge in [0.05, 0.1) is 12.7 Å². The summed E-state index contributed by atoms with van der Waals surface area (Å²) >= 11 is 0. The van der Waals surface area contributed by atoms with Gasteiger partial charge in [0.15, 0.2) is 5.65 Å². The maximum absolute atomic E-state index is 10.1. The fraction of sp³-hybridized carbons (Fsp3) is 0.545. The molecule has 2 aromatic rings. The Labute approximate surface area is 104 Å². The predicted molar refractivity (Wildman–Crippen MR) is 64.9 cm³/mol. The molecule has 1 atom stereocenters. The van der Waals surface area contributed by atoms with Gasteiger partial charge in [-0.2, -0.15) is 0 Å². The topological polar surface area (TPSA) is 95.6 Å². The van der Waals surface area contributed by atoms with Crippen LogP contribution in [0.3, 0.4) is 0 Å². The maximum atomic E-state index is 10.1. The number of tetrazole rings is 1. The van der Waals surface area contributed by atoms with Gasteiger partial charge in [0.25, 0.3) is 0 Å². The second kappa shape index (κ2) is 4.97. The summed E-state index contributed by atoms with van der Waals surface area (Å²) < 4.78 is 1.51. The minimum absolute atomic E-state index is 0.00571. The van der Waals surface area contributed by atoms with Gasteiger partial charge in [-0.05, 0) is 30.3 Å². The molecule has 2 aromatic heterocycles. The van der Waals surface area contributed by atoms with E-state index < -0.39 is 11.6 Å². The molecule has 0 amide bonds. The molecule has 0 radical (unpaired) electrons. The van der Waals surface area contributed by atoms with Gasteiger partial charge in [-0.15, -0.1) is 5.10 Å². The van der Waals surface area contributed by atoms with Gasteiger partial charge in [0, 0.05) is 23.8 Å². The van der Waals surface area contributed by atoms with E-state index >= 15 is 0 Å². The fourth-order valence-electron chi connectivity index (χ4n) is 1.50. The Kier molecular flexibility index (Phi) is 3.55. The van der Waals surface area contributed by atoms with Crippen molar-refractivity contribution in [2.24, 2.45) is 0 Å². The average Bonchev–Trinajstić information content (AvgIpc) is 2.83. The highest BCUT2D eigenvalue weighted by molar-refractivity contribution is 5.36. The smallest absolute Gasteiger partial charge is 0.179 e. The van der Waals surface area contributed by atoms with Crippen molar-refractivity contribution in [2.45, 2.75) is 25.5 Å².